The van der Waals surface area contributed by atoms with Gasteiger partial charge in [-0.25, -0.2) is 8.42 Å². The number of amides is 1. The van der Waals surface area contributed by atoms with Gasteiger partial charge in [0.1, 0.15) is 6.61 Å². The molecule has 1 fully saturated rings. The maximum atomic E-state index is 12.9. The summed E-state index contributed by atoms with van der Waals surface area (Å²) in [4.78, 5) is 12.8. The molecular formula is C23H24N4O6S. The van der Waals surface area contributed by atoms with E-state index in [4.69, 9.17) is 13.9 Å². The molecule has 10 nitrogen and oxygen atoms in total. The van der Waals surface area contributed by atoms with Gasteiger partial charge in [-0.05, 0) is 55.2 Å². The number of nitrogens with zero attached hydrogens (tertiary/aromatic N) is 3. The van der Waals surface area contributed by atoms with Crippen molar-refractivity contribution in [3.63, 3.8) is 0 Å². The minimum absolute atomic E-state index is 0.0959. The Balaban J connectivity index is 1.24. The molecule has 2 aromatic carbocycles. The zero-order valence-electron chi connectivity index (χ0n) is 18.5. The zero-order valence-corrected chi connectivity index (χ0v) is 19.3. The van der Waals surface area contributed by atoms with Crippen LogP contribution in [0.25, 0.3) is 0 Å². The van der Waals surface area contributed by atoms with Gasteiger partial charge in [-0.3, -0.25) is 10.1 Å². The Hall–Kier alpha value is -3.44. The molecule has 0 saturated carbocycles. The van der Waals surface area contributed by atoms with E-state index in [9.17, 15) is 13.2 Å². The molecule has 3 aromatic rings. The lowest BCUT2D eigenvalue weighted by Crippen LogP contribution is -2.39. The number of nitrogens with one attached hydrogen (secondary N) is 1. The molecule has 1 N–H and O–H groups in total. The third-order valence-corrected chi connectivity index (χ3v) is 7.70. The first-order valence-corrected chi connectivity index (χ1v) is 12.5. The second-order valence-corrected chi connectivity index (χ2v) is 10.3. The Bertz CT molecular complexity index is 1290. The van der Waals surface area contributed by atoms with Gasteiger partial charge in [0.25, 0.3) is 11.8 Å². The number of carbonyl (C=O) groups excluding carboxylic acids is 1. The molecule has 2 aliphatic rings. The zero-order chi connectivity index (χ0) is 23.7. The fourth-order valence-corrected chi connectivity index (χ4v) is 5.62. The smallest absolute Gasteiger partial charge is 0.322 e. The first kappa shape index (κ1) is 22.4. The summed E-state index contributed by atoms with van der Waals surface area (Å²) < 4.78 is 44.3. The van der Waals surface area contributed by atoms with Gasteiger partial charge in [-0.15, -0.1) is 5.10 Å². The monoisotopic (exact) mass is 484 g/mol. The molecule has 0 aliphatic carbocycles. The van der Waals surface area contributed by atoms with E-state index in [1.54, 1.807) is 12.1 Å². The lowest BCUT2D eigenvalue weighted by Gasteiger charge is -2.30. The molecule has 5 rings (SSSR count). The van der Waals surface area contributed by atoms with Crippen LogP contribution in [0.15, 0.2) is 57.8 Å². The molecule has 2 unspecified atom stereocenters. The van der Waals surface area contributed by atoms with Crippen molar-refractivity contribution < 1.29 is 27.1 Å². The third kappa shape index (κ3) is 4.48. The predicted octanol–water partition coefficient (Wildman–Crippen LogP) is 3.26. The summed E-state index contributed by atoms with van der Waals surface area (Å²) in [6.07, 6.45) is 1.27. The van der Waals surface area contributed by atoms with Crippen LogP contribution in [0.1, 0.15) is 42.1 Å². The highest BCUT2D eigenvalue weighted by Crippen LogP contribution is 2.35. The number of rotatable bonds is 5. The summed E-state index contributed by atoms with van der Waals surface area (Å²) in [5.74, 6) is 1.19. The van der Waals surface area contributed by atoms with Crippen LogP contribution in [0.3, 0.4) is 0 Å². The number of carbonyl (C=O) groups is 1. The number of fused-ring (bicyclic) bond motifs is 1. The summed E-state index contributed by atoms with van der Waals surface area (Å²) in [5.41, 5.74) is 0.261. The summed E-state index contributed by atoms with van der Waals surface area (Å²) in [6.45, 7) is 3.25. The van der Waals surface area contributed by atoms with Gasteiger partial charge in [0, 0.05) is 18.7 Å². The van der Waals surface area contributed by atoms with Crippen LogP contribution in [0.5, 0.6) is 11.5 Å². The average Bonchev–Trinajstić information content (AvgIpc) is 3.32. The largest absolute Gasteiger partial charge is 0.485 e. The van der Waals surface area contributed by atoms with E-state index in [0.717, 1.165) is 12.8 Å². The molecule has 2 atom stereocenters. The van der Waals surface area contributed by atoms with Crippen molar-refractivity contribution in [1.29, 1.82) is 0 Å². The van der Waals surface area contributed by atoms with Crippen molar-refractivity contribution in [3.05, 3.63) is 60.0 Å². The van der Waals surface area contributed by atoms with Gasteiger partial charge < -0.3 is 13.9 Å². The van der Waals surface area contributed by atoms with E-state index in [-0.39, 0.29) is 29.0 Å². The first-order chi connectivity index (χ1) is 16.4. The van der Waals surface area contributed by atoms with Crippen LogP contribution >= 0.6 is 0 Å². The minimum atomic E-state index is -3.59. The second-order valence-electron chi connectivity index (χ2n) is 8.40. The quantitative estimate of drug-likeness (QED) is 0.585. The number of hydrogen-bond donors (Lipinski definition) is 1. The lowest BCUT2D eigenvalue weighted by atomic mass is 10.0. The fourth-order valence-electron chi connectivity index (χ4n) is 4.02. The van der Waals surface area contributed by atoms with Gasteiger partial charge in [-0.1, -0.05) is 24.2 Å². The summed E-state index contributed by atoms with van der Waals surface area (Å²) in [7, 11) is -3.59. The molecule has 11 heteroatoms. The van der Waals surface area contributed by atoms with Crippen molar-refractivity contribution in [3.8, 4) is 11.5 Å². The van der Waals surface area contributed by atoms with E-state index < -0.39 is 22.0 Å². The highest BCUT2D eigenvalue weighted by molar-refractivity contribution is 7.89. The van der Waals surface area contributed by atoms with Crippen molar-refractivity contribution in [1.82, 2.24) is 14.5 Å². The number of piperidine rings is 1. The highest BCUT2D eigenvalue weighted by atomic mass is 32.2. The normalized spacial score (nSPS) is 20.6. The molecule has 178 valence electrons. The van der Waals surface area contributed by atoms with E-state index >= 15 is 0 Å². The number of ether oxygens (including phenoxy) is 2. The molecule has 1 amide bonds. The Morgan fingerprint density at radius 1 is 1.09 bits per heavy atom. The summed E-state index contributed by atoms with van der Waals surface area (Å²) >= 11 is 0. The standard InChI is InChI=1S/C23H24N4O6S/c1-15-5-4-12-27(13-15)34(29,30)17-10-8-16(9-11-17)21(28)24-23-26-25-22(33-23)20-14-31-18-6-2-3-7-19(18)32-20/h2-3,6-11,15,20H,4-5,12-14H2,1H3,(H,24,26,28). The van der Waals surface area contributed by atoms with Crippen LogP contribution in [0.2, 0.25) is 0 Å². The van der Waals surface area contributed by atoms with Crippen molar-refractivity contribution >= 4 is 21.9 Å². The van der Waals surface area contributed by atoms with Gasteiger partial charge in [0.05, 0.1) is 4.90 Å². The van der Waals surface area contributed by atoms with Gasteiger partial charge in [0.2, 0.25) is 16.1 Å². The van der Waals surface area contributed by atoms with Crippen LogP contribution in [-0.2, 0) is 10.0 Å². The first-order valence-electron chi connectivity index (χ1n) is 11.0. The number of anilines is 1. The summed E-state index contributed by atoms with van der Waals surface area (Å²) in [6, 6.07) is 12.9. The van der Waals surface area contributed by atoms with Crippen molar-refractivity contribution in [2.75, 3.05) is 25.0 Å². The van der Waals surface area contributed by atoms with E-state index in [1.165, 1.54) is 28.6 Å². The molecule has 1 aromatic heterocycles. The van der Waals surface area contributed by atoms with E-state index in [1.807, 2.05) is 19.1 Å². The van der Waals surface area contributed by atoms with Crippen LogP contribution in [-0.4, -0.2) is 48.5 Å². The lowest BCUT2D eigenvalue weighted by molar-refractivity contribution is 0.0716. The summed E-state index contributed by atoms with van der Waals surface area (Å²) in [5, 5.41) is 10.3. The van der Waals surface area contributed by atoms with Crippen molar-refractivity contribution in [2.24, 2.45) is 5.92 Å². The van der Waals surface area contributed by atoms with Crippen LogP contribution in [0, 0.1) is 5.92 Å². The Morgan fingerprint density at radius 3 is 2.62 bits per heavy atom. The van der Waals surface area contributed by atoms with E-state index in [0.29, 0.717) is 30.5 Å². The number of para-hydroxylation sites is 2. The number of benzene rings is 2. The Kier molecular flexibility index (Phi) is 5.96. The minimum Gasteiger partial charge on any atom is -0.485 e. The number of aromatic nitrogens is 2. The molecule has 34 heavy (non-hydrogen) atoms. The molecule has 0 bridgehead atoms. The van der Waals surface area contributed by atoms with Crippen LogP contribution in [0.4, 0.5) is 6.01 Å². The molecule has 3 heterocycles. The number of sulfonamides is 1. The highest BCUT2D eigenvalue weighted by Gasteiger charge is 2.29. The molecule has 0 radical (unpaired) electrons. The molecular weight excluding hydrogens is 460 g/mol. The van der Waals surface area contributed by atoms with Gasteiger partial charge in [0.15, 0.2) is 11.5 Å². The topological polar surface area (TPSA) is 124 Å². The maximum Gasteiger partial charge on any atom is 0.322 e. The van der Waals surface area contributed by atoms with Crippen molar-refractivity contribution in [2.45, 2.75) is 30.8 Å². The SMILES string of the molecule is CC1CCCN(S(=O)(=O)c2ccc(C(=O)Nc3nnc(C4COc5ccccc5O4)o3)cc2)C1. The predicted molar refractivity (Wildman–Crippen MR) is 121 cm³/mol. The second kappa shape index (κ2) is 9.07. The van der Waals surface area contributed by atoms with Crippen LogP contribution < -0.4 is 14.8 Å². The van der Waals surface area contributed by atoms with Gasteiger partial charge >= 0.3 is 6.01 Å². The molecule has 2 aliphatic heterocycles. The Labute approximate surface area is 196 Å². The number of hydrogen-bond acceptors (Lipinski definition) is 8. The maximum absolute atomic E-state index is 12.9. The molecule has 1 saturated heterocycles. The van der Waals surface area contributed by atoms with Gasteiger partial charge in [-0.2, -0.15) is 4.31 Å². The fraction of sp³-hybridized carbons (Fsp3) is 0.348. The Morgan fingerprint density at radius 2 is 1.85 bits per heavy atom. The third-order valence-electron chi connectivity index (χ3n) is 5.82. The average molecular weight is 485 g/mol. The molecule has 0 spiro atoms. The van der Waals surface area contributed by atoms with E-state index in [2.05, 4.69) is 15.5 Å².